The summed E-state index contributed by atoms with van der Waals surface area (Å²) in [4.78, 5) is 30.6. The maximum atomic E-state index is 12.5. The Kier molecular flexibility index (Phi) is 5.90. The van der Waals surface area contributed by atoms with E-state index in [1.54, 1.807) is 38.2 Å². The van der Waals surface area contributed by atoms with E-state index < -0.39 is 0 Å². The Morgan fingerprint density at radius 2 is 1.94 bits per heavy atom. The van der Waals surface area contributed by atoms with Crippen molar-refractivity contribution in [3.8, 4) is 22.8 Å². The van der Waals surface area contributed by atoms with E-state index in [2.05, 4.69) is 16.4 Å². The Balaban J connectivity index is 1.44. The summed E-state index contributed by atoms with van der Waals surface area (Å²) in [6.45, 7) is 2.29. The van der Waals surface area contributed by atoms with Gasteiger partial charge in [0.1, 0.15) is 0 Å². The highest BCUT2D eigenvalue weighted by molar-refractivity contribution is 7.14. The lowest BCUT2D eigenvalue weighted by Crippen LogP contribution is -2.25. The molecule has 1 aromatic heterocycles. The molecule has 0 unspecified atom stereocenters. The van der Waals surface area contributed by atoms with E-state index in [4.69, 9.17) is 9.47 Å². The first-order chi connectivity index (χ1) is 15.0. The fourth-order valence-corrected chi connectivity index (χ4v) is 4.43. The molecule has 4 rings (SSSR count). The normalized spacial score (nSPS) is 12.4. The van der Waals surface area contributed by atoms with Crippen LogP contribution in [0.2, 0.25) is 0 Å². The highest BCUT2D eigenvalue weighted by Crippen LogP contribution is 2.33. The summed E-state index contributed by atoms with van der Waals surface area (Å²) < 4.78 is 10.5. The standard InChI is InChI=1S/C23H23N3O4S/c1-14(27)26-9-8-17-12-16(5-6-19(17)26)18-13-31-23(24-18)25-22(28)11-15-4-7-20(29-2)21(10-15)30-3/h4-7,10,12-13H,8-9,11H2,1-3H3,(H,24,25,28). The molecule has 7 nitrogen and oxygen atoms in total. The van der Waals surface area contributed by atoms with Crippen LogP contribution in [0.15, 0.2) is 41.8 Å². The summed E-state index contributed by atoms with van der Waals surface area (Å²) >= 11 is 1.38. The number of anilines is 2. The van der Waals surface area contributed by atoms with E-state index in [0.717, 1.165) is 34.5 Å². The Hall–Kier alpha value is -3.39. The van der Waals surface area contributed by atoms with Crippen LogP contribution in [0.5, 0.6) is 11.5 Å². The molecule has 2 aromatic carbocycles. The first kappa shape index (κ1) is 20.9. The summed E-state index contributed by atoms with van der Waals surface area (Å²) in [7, 11) is 3.14. The van der Waals surface area contributed by atoms with Gasteiger partial charge < -0.3 is 19.7 Å². The predicted molar refractivity (Wildman–Crippen MR) is 121 cm³/mol. The van der Waals surface area contributed by atoms with Gasteiger partial charge in [-0.05, 0) is 41.8 Å². The van der Waals surface area contributed by atoms with Gasteiger partial charge in [-0.1, -0.05) is 12.1 Å². The summed E-state index contributed by atoms with van der Waals surface area (Å²) in [5.41, 5.74) is 4.70. The molecule has 31 heavy (non-hydrogen) atoms. The first-order valence-corrected chi connectivity index (χ1v) is 10.7. The summed E-state index contributed by atoms with van der Waals surface area (Å²) in [5.74, 6) is 1.11. The largest absolute Gasteiger partial charge is 0.493 e. The number of carbonyl (C=O) groups excluding carboxylic acids is 2. The van der Waals surface area contributed by atoms with E-state index >= 15 is 0 Å². The van der Waals surface area contributed by atoms with E-state index in [1.807, 2.05) is 23.6 Å². The average Bonchev–Trinajstić information content (AvgIpc) is 3.40. The van der Waals surface area contributed by atoms with Crippen LogP contribution in [0, 0.1) is 0 Å². The predicted octanol–water partition coefficient (Wildman–Crippen LogP) is 3.92. The molecule has 0 atom stereocenters. The fourth-order valence-electron chi connectivity index (χ4n) is 3.69. The van der Waals surface area contributed by atoms with Crippen LogP contribution < -0.4 is 19.7 Å². The number of rotatable bonds is 6. The summed E-state index contributed by atoms with van der Waals surface area (Å²) in [6.07, 6.45) is 1.04. The zero-order valence-corrected chi connectivity index (χ0v) is 18.4. The minimum absolute atomic E-state index is 0.0552. The molecule has 160 valence electrons. The molecule has 0 radical (unpaired) electrons. The topological polar surface area (TPSA) is 80.8 Å². The maximum absolute atomic E-state index is 12.5. The van der Waals surface area contributed by atoms with Crippen molar-refractivity contribution in [3.63, 3.8) is 0 Å². The number of carbonyl (C=O) groups is 2. The minimum Gasteiger partial charge on any atom is -0.493 e. The van der Waals surface area contributed by atoms with Gasteiger partial charge in [0.05, 0.1) is 26.3 Å². The second kappa shape index (κ2) is 8.77. The van der Waals surface area contributed by atoms with Crippen molar-refractivity contribution in [2.75, 3.05) is 31.0 Å². The zero-order valence-electron chi connectivity index (χ0n) is 17.6. The smallest absolute Gasteiger partial charge is 0.230 e. The van der Waals surface area contributed by atoms with Crippen molar-refractivity contribution < 1.29 is 19.1 Å². The van der Waals surface area contributed by atoms with Crippen molar-refractivity contribution in [1.29, 1.82) is 0 Å². The van der Waals surface area contributed by atoms with E-state index in [-0.39, 0.29) is 18.2 Å². The number of hydrogen-bond donors (Lipinski definition) is 1. The molecule has 0 fully saturated rings. The van der Waals surface area contributed by atoms with Gasteiger partial charge in [-0.15, -0.1) is 11.3 Å². The van der Waals surface area contributed by atoms with E-state index in [1.165, 1.54) is 11.3 Å². The number of thiazole rings is 1. The molecule has 1 N–H and O–H groups in total. The van der Waals surface area contributed by atoms with Gasteiger partial charge in [-0.2, -0.15) is 0 Å². The molecule has 1 aliphatic rings. The van der Waals surface area contributed by atoms with Gasteiger partial charge in [0.15, 0.2) is 16.6 Å². The first-order valence-electron chi connectivity index (χ1n) is 9.86. The Labute approximate surface area is 184 Å². The maximum Gasteiger partial charge on any atom is 0.230 e. The molecular weight excluding hydrogens is 414 g/mol. The van der Waals surface area contributed by atoms with Crippen LogP contribution in [0.25, 0.3) is 11.3 Å². The molecule has 0 saturated carbocycles. The molecule has 0 aliphatic carbocycles. The molecule has 8 heteroatoms. The SMILES string of the molecule is COc1ccc(CC(=O)Nc2nc(-c3ccc4c(c3)CCN4C(C)=O)cs2)cc1OC. The summed E-state index contributed by atoms with van der Waals surface area (Å²) in [5, 5.41) is 5.33. The number of amides is 2. The molecule has 2 amide bonds. The number of aromatic nitrogens is 1. The van der Waals surface area contributed by atoms with Gasteiger partial charge in [0, 0.05) is 30.1 Å². The van der Waals surface area contributed by atoms with Gasteiger partial charge in [-0.25, -0.2) is 4.98 Å². The van der Waals surface area contributed by atoms with Crippen LogP contribution in [0.4, 0.5) is 10.8 Å². The van der Waals surface area contributed by atoms with Gasteiger partial charge in [0.25, 0.3) is 0 Å². The highest BCUT2D eigenvalue weighted by atomic mass is 32.1. The minimum atomic E-state index is -0.154. The van der Waals surface area contributed by atoms with Crippen LogP contribution in [0.1, 0.15) is 18.1 Å². The molecular formula is C23H23N3O4S. The highest BCUT2D eigenvalue weighted by Gasteiger charge is 2.22. The number of ether oxygens (including phenoxy) is 2. The van der Waals surface area contributed by atoms with Crippen molar-refractivity contribution >= 4 is 34.0 Å². The molecule has 0 bridgehead atoms. The third-order valence-electron chi connectivity index (χ3n) is 5.21. The Bertz CT molecular complexity index is 1140. The number of nitrogens with one attached hydrogen (secondary N) is 1. The van der Waals surface area contributed by atoms with Crippen molar-refractivity contribution in [2.45, 2.75) is 19.8 Å². The molecule has 0 saturated heterocycles. The molecule has 2 heterocycles. The quantitative estimate of drug-likeness (QED) is 0.632. The van der Waals surface area contributed by atoms with Crippen molar-refractivity contribution in [1.82, 2.24) is 4.98 Å². The van der Waals surface area contributed by atoms with E-state index in [9.17, 15) is 9.59 Å². The number of hydrogen-bond acceptors (Lipinski definition) is 6. The van der Waals surface area contributed by atoms with Crippen molar-refractivity contribution in [2.24, 2.45) is 0 Å². The molecule has 3 aromatic rings. The monoisotopic (exact) mass is 437 g/mol. The third kappa shape index (κ3) is 4.39. The lowest BCUT2D eigenvalue weighted by molar-refractivity contribution is -0.117. The van der Waals surface area contributed by atoms with Crippen LogP contribution >= 0.6 is 11.3 Å². The van der Waals surface area contributed by atoms with Crippen LogP contribution in [-0.4, -0.2) is 37.6 Å². The second-order valence-corrected chi connectivity index (χ2v) is 8.07. The van der Waals surface area contributed by atoms with Gasteiger partial charge >= 0.3 is 0 Å². The van der Waals surface area contributed by atoms with Crippen LogP contribution in [-0.2, 0) is 22.4 Å². The van der Waals surface area contributed by atoms with Crippen molar-refractivity contribution in [3.05, 3.63) is 52.9 Å². The Morgan fingerprint density at radius 1 is 1.13 bits per heavy atom. The Morgan fingerprint density at radius 3 is 2.68 bits per heavy atom. The van der Waals surface area contributed by atoms with Gasteiger partial charge in [-0.3, -0.25) is 9.59 Å². The van der Waals surface area contributed by atoms with Crippen LogP contribution in [0.3, 0.4) is 0 Å². The van der Waals surface area contributed by atoms with Gasteiger partial charge in [0.2, 0.25) is 11.8 Å². The number of nitrogens with zero attached hydrogens (tertiary/aromatic N) is 2. The fraction of sp³-hybridized carbons (Fsp3) is 0.261. The molecule has 1 aliphatic heterocycles. The number of fused-ring (bicyclic) bond motifs is 1. The lowest BCUT2D eigenvalue weighted by atomic mass is 10.1. The summed E-state index contributed by atoms with van der Waals surface area (Å²) in [6, 6.07) is 11.4. The number of benzene rings is 2. The molecule has 0 spiro atoms. The van der Waals surface area contributed by atoms with E-state index in [0.29, 0.717) is 23.2 Å². The number of methoxy groups -OCH3 is 2. The lowest BCUT2D eigenvalue weighted by Gasteiger charge is -2.14. The zero-order chi connectivity index (χ0) is 22.0. The third-order valence-corrected chi connectivity index (χ3v) is 5.97. The average molecular weight is 438 g/mol. The second-order valence-electron chi connectivity index (χ2n) is 7.22.